The van der Waals surface area contributed by atoms with E-state index in [-0.39, 0.29) is 17.6 Å². The van der Waals surface area contributed by atoms with Gasteiger partial charge in [-0.15, -0.1) is 0 Å². The summed E-state index contributed by atoms with van der Waals surface area (Å²) in [6.45, 7) is 1.87. The third kappa shape index (κ3) is 4.50. The van der Waals surface area contributed by atoms with Gasteiger partial charge in [0, 0.05) is 38.9 Å². The zero-order chi connectivity index (χ0) is 23.0. The highest BCUT2D eigenvalue weighted by atomic mass is 19.4. The molecule has 1 unspecified atom stereocenters. The van der Waals surface area contributed by atoms with Gasteiger partial charge in [0.25, 0.3) is 5.91 Å². The monoisotopic (exact) mass is 449 g/mol. The predicted molar refractivity (Wildman–Crippen MR) is 111 cm³/mol. The molecule has 0 radical (unpaired) electrons. The number of halogens is 3. The molecule has 10 heteroatoms. The highest BCUT2D eigenvalue weighted by molar-refractivity contribution is 5.92. The fourth-order valence-electron chi connectivity index (χ4n) is 4.82. The summed E-state index contributed by atoms with van der Waals surface area (Å²) in [6.07, 6.45) is -0.944. The molecule has 2 aliphatic rings. The minimum Gasteiger partial charge on any atom is -0.354 e. The molecule has 1 saturated heterocycles. The zero-order valence-electron chi connectivity index (χ0n) is 18.0. The molecule has 1 aromatic heterocycles. The summed E-state index contributed by atoms with van der Waals surface area (Å²) in [5, 5.41) is 6.55. The molecule has 0 bridgehead atoms. The molecule has 1 aromatic carbocycles. The van der Waals surface area contributed by atoms with Gasteiger partial charge < -0.3 is 10.2 Å². The van der Waals surface area contributed by atoms with Gasteiger partial charge in [0.15, 0.2) is 5.69 Å². The normalized spacial score (nSPS) is 22.9. The van der Waals surface area contributed by atoms with Crippen molar-refractivity contribution in [3.05, 3.63) is 53.3 Å². The quantitative estimate of drug-likeness (QED) is 0.779. The van der Waals surface area contributed by atoms with E-state index in [9.17, 15) is 22.8 Å². The summed E-state index contributed by atoms with van der Waals surface area (Å²) in [7, 11) is 3.51. The number of alkyl halides is 3. The van der Waals surface area contributed by atoms with Gasteiger partial charge >= 0.3 is 12.2 Å². The van der Waals surface area contributed by atoms with Gasteiger partial charge in [-0.05, 0) is 55.5 Å². The molecule has 2 heterocycles. The summed E-state index contributed by atoms with van der Waals surface area (Å²) in [5.74, 6) is 0.426. The van der Waals surface area contributed by atoms with Crippen LogP contribution >= 0.6 is 0 Å². The fraction of sp³-hybridized carbons (Fsp3) is 0.500. The van der Waals surface area contributed by atoms with Crippen LogP contribution in [0.2, 0.25) is 0 Å². The summed E-state index contributed by atoms with van der Waals surface area (Å²) in [5.41, 5.74) is 0.411. The Morgan fingerprint density at radius 1 is 1.12 bits per heavy atom. The lowest BCUT2D eigenvalue weighted by atomic mass is 10.0. The number of hydrogen-bond donors (Lipinski definition) is 1. The summed E-state index contributed by atoms with van der Waals surface area (Å²) in [4.78, 5) is 28.4. The van der Waals surface area contributed by atoms with Crippen LogP contribution in [0, 0.1) is 11.8 Å². The smallest absolute Gasteiger partial charge is 0.354 e. The minimum absolute atomic E-state index is 0.199. The van der Waals surface area contributed by atoms with Crippen molar-refractivity contribution in [3.63, 3.8) is 0 Å². The fourth-order valence-corrected chi connectivity index (χ4v) is 4.82. The standard InChI is InChI=1S/C22H26F3N5O2/c1-26-20(31)19-7-8-30(27-19)21(32)29-12-15-9-18(10-16(15)13-29)28(2)11-14-3-5-17(6-4-14)22(23,24)25/h3-8,15-16,18H,9-13H2,1-2H3,(H,26,31)/t15-,16+,18?. The van der Waals surface area contributed by atoms with Crippen LogP contribution in [0.1, 0.15) is 34.5 Å². The van der Waals surface area contributed by atoms with Crippen LogP contribution in [0.15, 0.2) is 36.5 Å². The predicted octanol–water partition coefficient (Wildman–Crippen LogP) is 3.07. The van der Waals surface area contributed by atoms with Crippen LogP contribution in [-0.2, 0) is 12.7 Å². The molecular weight excluding hydrogens is 423 g/mol. The second-order valence-electron chi connectivity index (χ2n) is 8.67. The molecule has 32 heavy (non-hydrogen) atoms. The molecule has 3 atom stereocenters. The van der Waals surface area contributed by atoms with Gasteiger partial charge in [-0.2, -0.15) is 23.0 Å². The van der Waals surface area contributed by atoms with Crippen molar-refractivity contribution < 1.29 is 22.8 Å². The van der Waals surface area contributed by atoms with Gasteiger partial charge in [-0.25, -0.2) is 4.79 Å². The van der Waals surface area contributed by atoms with Gasteiger partial charge in [-0.1, -0.05) is 12.1 Å². The van der Waals surface area contributed by atoms with Crippen LogP contribution < -0.4 is 5.32 Å². The molecule has 172 valence electrons. The number of aromatic nitrogens is 2. The first kappa shape index (κ1) is 22.3. The summed E-state index contributed by atoms with van der Waals surface area (Å²) >= 11 is 0. The molecular formula is C22H26F3N5O2. The lowest BCUT2D eigenvalue weighted by Crippen LogP contribution is -2.36. The van der Waals surface area contributed by atoms with Crippen molar-refractivity contribution in [1.29, 1.82) is 0 Å². The summed E-state index contributed by atoms with van der Waals surface area (Å²) < 4.78 is 39.5. The molecule has 2 fully saturated rings. The maximum absolute atomic E-state index is 12.8. The van der Waals surface area contributed by atoms with Gasteiger partial charge in [-0.3, -0.25) is 9.69 Å². The molecule has 4 rings (SSSR count). The molecule has 1 saturated carbocycles. The first-order chi connectivity index (χ1) is 15.2. The molecule has 1 aliphatic heterocycles. The lowest BCUT2D eigenvalue weighted by Gasteiger charge is -2.26. The van der Waals surface area contributed by atoms with Crippen molar-refractivity contribution in [2.75, 3.05) is 27.2 Å². The van der Waals surface area contributed by atoms with Crippen molar-refractivity contribution in [3.8, 4) is 0 Å². The van der Waals surface area contributed by atoms with Gasteiger partial charge in [0.2, 0.25) is 0 Å². The van der Waals surface area contributed by atoms with Crippen molar-refractivity contribution >= 4 is 11.9 Å². The Balaban J connectivity index is 1.31. The average molecular weight is 449 g/mol. The third-order valence-electron chi connectivity index (χ3n) is 6.58. The SMILES string of the molecule is CNC(=O)c1ccn(C(=O)N2C[C@H]3CC(N(C)Cc4ccc(C(F)(F)F)cc4)C[C@H]3C2)n1. The topological polar surface area (TPSA) is 70.5 Å². The Morgan fingerprint density at radius 3 is 2.31 bits per heavy atom. The minimum atomic E-state index is -4.32. The molecule has 2 amide bonds. The van der Waals surface area contributed by atoms with Crippen LogP contribution in [-0.4, -0.2) is 64.7 Å². The van der Waals surface area contributed by atoms with Crippen molar-refractivity contribution in [2.24, 2.45) is 11.8 Å². The number of benzene rings is 1. The molecule has 7 nitrogen and oxygen atoms in total. The molecule has 2 aromatic rings. The average Bonchev–Trinajstić information content (AvgIpc) is 3.47. The third-order valence-corrected chi connectivity index (χ3v) is 6.58. The van der Waals surface area contributed by atoms with E-state index in [1.54, 1.807) is 4.90 Å². The van der Waals surface area contributed by atoms with E-state index >= 15 is 0 Å². The zero-order valence-corrected chi connectivity index (χ0v) is 18.0. The van der Waals surface area contributed by atoms with E-state index in [4.69, 9.17) is 0 Å². The Kier molecular flexibility index (Phi) is 5.98. The number of rotatable bonds is 4. The van der Waals surface area contributed by atoms with Crippen LogP contribution in [0.25, 0.3) is 0 Å². The maximum atomic E-state index is 12.8. The number of carbonyl (C=O) groups excluding carboxylic acids is 2. The second-order valence-corrected chi connectivity index (χ2v) is 8.67. The number of carbonyl (C=O) groups is 2. The molecule has 1 aliphatic carbocycles. The summed E-state index contributed by atoms with van der Waals surface area (Å²) in [6, 6.07) is 6.93. The number of fused-ring (bicyclic) bond motifs is 1. The van der Waals surface area contributed by atoms with E-state index in [1.165, 1.54) is 36.1 Å². The number of nitrogens with one attached hydrogen (secondary N) is 1. The Labute approximate surface area is 184 Å². The maximum Gasteiger partial charge on any atom is 0.416 e. The lowest BCUT2D eigenvalue weighted by molar-refractivity contribution is -0.137. The van der Waals surface area contributed by atoms with Crippen molar-refractivity contribution in [1.82, 2.24) is 24.9 Å². The molecule has 1 N–H and O–H groups in total. The largest absolute Gasteiger partial charge is 0.416 e. The van der Waals surface area contributed by atoms with Gasteiger partial charge in [0.05, 0.1) is 5.56 Å². The highest BCUT2D eigenvalue weighted by Crippen LogP contribution is 2.40. The van der Waals surface area contributed by atoms with E-state index in [0.29, 0.717) is 37.5 Å². The van der Waals surface area contributed by atoms with Gasteiger partial charge in [0.1, 0.15) is 0 Å². The van der Waals surface area contributed by atoms with E-state index in [2.05, 4.69) is 15.3 Å². The van der Waals surface area contributed by atoms with Crippen LogP contribution in [0.5, 0.6) is 0 Å². The van der Waals surface area contributed by atoms with E-state index in [1.807, 2.05) is 7.05 Å². The number of amides is 2. The second kappa shape index (κ2) is 8.57. The first-order valence-electron chi connectivity index (χ1n) is 10.6. The number of hydrogen-bond acceptors (Lipinski definition) is 4. The number of likely N-dealkylation sites (tertiary alicyclic amines) is 1. The number of nitrogens with zero attached hydrogens (tertiary/aromatic N) is 4. The van der Waals surface area contributed by atoms with E-state index in [0.717, 1.165) is 30.5 Å². The Hall–Kier alpha value is -2.88. The Bertz CT molecular complexity index is 974. The van der Waals surface area contributed by atoms with Crippen LogP contribution in [0.4, 0.5) is 18.0 Å². The van der Waals surface area contributed by atoms with E-state index < -0.39 is 11.7 Å². The highest BCUT2D eigenvalue weighted by Gasteiger charge is 2.43. The molecule has 0 spiro atoms. The Morgan fingerprint density at radius 2 is 1.75 bits per heavy atom. The first-order valence-corrected chi connectivity index (χ1v) is 10.6. The van der Waals surface area contributed by atoms with Crippen molar-refractivity contribution in [2.45, 2.75) is 31.6 Å². The van der Waals surface area contributed by atoms with Crippen LogP contribution in [0.3, 0.4) is 0 Å².